The van der Waals surface area contributed by atoms with Gasteiger partial charge in [0.25, 0.3) is 11.8 Å². The number of furan rings is 1. The third kappa shape index (κ3) is 5.13. The Balaban J connectivity index is 1.28. The van der Waals surface area contributed by atoms with E-state index in [2.05, 4.69) is 5.32 Å². The van der Waals surface area contributed by atoms with Crippen molar-refractivity contribution < 1.29 is 31.9 Å². The molecular formula is C29H23F3N2O4. The number of carbonyl (C=O) groups excluding carboxylic acids is 2. The minimum Gasteiger partial charge on any atom is -0.496 e. The minimum atomic E-state index is -4.52. The number of carbonyl (C=O) groups is 2. The zero-order valence-electron chi connectivity index (χ0n) is 20.3. The first kappa shape index (κ1) is 25.1. The lowest BCUT2D eigenvalue weighted by Crippen LogP contribution is -2.35. The van der Waals surface area contributed by atoms with Crippen LogP contribution in [-0.2, 0) is 19.1 Å². The van der Waals surface area contributed by atoms with Crippen molar-refractivity contribution in [1.82, 2.24) is 4.90 Å². The number of nitrogens with zero attached hydrogens (tertiary/aromatic N) is 1. The number of ether oxygens (including phenoxy) is 1. The van der Waals surface area contributed by atoms with Gasteiger partial charge in [0.15, 0.2) is 0 Å². The molecule has 0 unspecified atom stereocenters. The van der Waals surface area contributed by atoms with E-state index in [0.29, 0.717) is 35.7 Å². The van der Waals surface area contributed by atoms with Crippen molar-refractivity contribution in [3.8, 4) is 17.1 Å². The maximum Gasteiger partial charge on any atom is 0.416 e. The molecular weight excluding hydrogens is 497 g/mol. The molecule has 0 fully saturated rings. The second-order valence-electron chi connectivity index (χ2n) is 8.85. The molecule has 0 saturated carbocycles. The Hall–Kier alpha value is -4.53. The summed E-state index contributed by atoms with van der Waals surface area (Å²) in [5, 5.41) is 2.84. The molecule has 1 aromatic heterocycles. The molecule has 0 atom stereocenters. The Labute approximate surface area is 216 Å². The standard InChI is InChI=1S/C29H23F3N2O4/c1-37-25-8-3-2-7-23(25)27(35)33-22-11-9-18(10-12-22)26-16-20-17-34(14-13-24(20)38-26)28(36)19-5-4-6-21(15-19)29(30,31)32/h2-12,15-16H,13-14,17H2,1H3,(H,33,35). The third-order valence-corrected chi connectivity index (χ3v) is 6.37. The normalized spacial score (nSPS) is 13.1. The second-order valence-corrected chi connectivity index (χ2v) is 8.85. The summed E-state index contributed by atoms with van der Waals surface area (Å²) in [6.07, 6.45) is -4.06. The van der Waals surface area contributed by atoms with Crippen LogP contribution in [0, 0.1) is 0 Å². The van der Waals surface area contributed by atoms with Crippen LogP contribution < -0.4 is 10.1 Å². The van der Waals surface area contributed by atoms with Gasteiger partial charge in [-0.05, 0) is 60.7 Å². The molecule has 2 amide bonds. The Morgan fingerprint density at radius 2 is 1.74 bits per heavy atom. The molecule has 1 aliphatic rings. The number of benzene rings is 3. The number of hydrogen-bond acceptors (Lipinski definition) is 4. The van der Waals surface area contributed by atoms with Gasteiger partial charge in [0, 0.05) is 41.9 Å². The second kappa shape index (κ2) is 10.1. The van der Waals surface area contributed by atoms with Gasteiger partial charge in [-0.1, -0.05) is 18.2 Å². The number of halogens is 3. The van der Waals surface area contributed by atoms with Crippen molar-refractivity contribution in [2.45, 2.75) is 19.1 Å². The van der Waals surface area contributed by atoms with Crippen LogP contribution in [0.3, 0.4) is 0 Å². The summed E-state index contributed by atoms with van der Waals surface area (Å²) in [7, 11) is 1.50. The van der Waals surface area contributed by atoms with E-state index in [0.717, 1.165) is 29.0 Å². The molecule has 0 aliphatic carbocycles. The van der Waals surface area contributed by atoms with E-state index in [4.69, 9.17) is 9.15 Å². The van der Waals surface area contributed by atoms with Crippen LogP contribution >= 0.6 is 0 Å². The highest BCUT2D eigenvalue weighted by atomic mass is 19.4. The van der Waals surface area contributed by atoms with Crippen LogP contribution in [0.1, 0.15) is 37.6 Å². The summed E-state index contributed by atoms with van der Waals surface area (Å²) in [6, 6.07) is 20.4. The Bertz CT molecular complexity index is 1490. The van der Waals surface area contributed by atoms with Crippen molar-refractivity contribution in [2.75, 3.05) is 19.0 Å². The molecule has 0 bridgehead atoms. The number of fused-ring (bicyclic) bond motifs is 1. The number of methoxy groups -OCH3 is 1. The highest BCUT2D eigenvalue weighted by Gasteiger charge is 2.32. The first-order chi connectivity index (χ1) is 18.2. The molecule has 2 heterocycles. The number of alkyl halides is 3. The number of hydrogen-bond donors (Lipinski definition) is 1. The molecule has 194 valence electrons. The molecule has 0 saturated heterocycles. The number of para-hydroxylation sites is 1. The molecule has 38 heavy (non-hydrogen) atoms. The summed E-state index contributed by atoms with van der Waals surface area (Å²) in [4.78, 5) is 27.1. The van der Waals surface area contributed by atoms with E-state index in [1.165, 1.54) is 24.1 Å². The van der Waals surface area contributed by atoms with Crippen LogP contribution in [0.4, 0.5) is 18.9 Å². The van der Waals surface area contributed by atoms with Gasteiger partial charge in [-0.3, -0.25) is 9.59 Å². The number of anilines is 1. The van der Waals surface area contributed by atoms with Gasteiger partial charge in [-0.2, -0.15) is 13.2 Å². The SMILES string of the molecule is COc1ccccc1C(=O)Nc1ccc(-c2cc3c(o2)CCN(C(=O)c2cccc(C(F)(F)F)c2)C3)cc1. The zero-order valence-corrected chi connectivity index (χ0v) is 20.3. The number of amides is 2. The lowest BCUT2D eigenvalue weighted by molar-refractivity contribution is -0.137. The van der Waals surface area contributed by atoms with Crippen molar-refractivity contribution in [3.63, 3.8) is 0 Å². The quantitative estimate of drug-likeness (QED) is 0.330. The van der Waals surface area contributed by atoms with Gasteiger partial charge >= 0.3 is 6.18 Å². The van der Waals surface area contributed by atoms with Crippen LogP contribution in [0.15, 0.2) is 83.3 Å². The third-order valence-electron chi connectivity index (χ3n) is 6.37. The lowest BCUT2D eigenvalue weighted by Gasteiger charge is -2.26. The average molecular weight is 521 g/mol. The Morgan fingerprint density at radius 3 is 2.47 bits per heavy atom. The summed E-state index contributed by atoms with van der Waals surface area (Å²) in [5.74, 6) is 1.06. The summed E-state index contributed by atoms with van der Waals surface area (Å²) < 4.78 is 50.5. The maximum absolute atomic E-state index is 13.1. The smallest absolute Gasteiger partial charge is 0.416 e. The highest BCUT2D eigenvalue weighted by molar-refractivity contribution is 6.06. The average Bonchev–Trinajstić information content (AvgIpc) is 3.36. The fourth-order valence-electron chi connectivity index (χ4n) is 4.41. The van der Waals surface area contributed by atoms with Crippen molar-refractivity contribution >= 4 is 17.5 Å². The Kier molecular flexibility index (Phi) is 6.67. The molecule has 1 N–H and O–H groups in total. The Morgan fingerprint density at radius 1 is 0.974 bits per heavy atom. The van der Waals surface area contributed by atoms with Gasteiger partial charge in [-0.15, -0.1) is 0 Å². The van der Waals surface area contributed by atoms with E-state index >= 15 is 0 Å². The van der Waals surface area contributed by atoms with E-state index < -0.39 is 17.6 Å². The van der Waals surface area contributed by atoms with Gasteiger partial charge in [-0.25, -0.2) is 0 Å². The lowest BCUT2D eigenvalue weighted by atomic mass is 10.0. The van der Waals surface area contributed by atoms with Crippen molar-refractivity contribution in [3.05, 3.63) is 107 Å². The summed E-state index contributed by atoms with van der Waals surface area (Å²) >= 11 is 0. The molecule has 6 nitrogen and oxygen atoms in total. The van der Waals surface area contributed by atoms with E-state index in [1.807, 2.05) is 18.2 Å². The van der Waals surface area contributed by atoms with E-state index in [9.17, 15) is 22.8 Å². The monoisotopic (exact) mass is 520 g/mol. The van der Waals surface area contributed by atoms with Crippen LogP contribution in [0.2, 0.25) is 0 Å². The van der Waals surface area contributed by atoms with Crippen molar-refractivity contribution in [1.29, 1.82) is 0 Å². The molecule has 0 radical (unpaired) electrons. The predicted octanol–water partition coefficient (Wildman–Crippen LogP) is 6.42. The van der Waals surface area contributed by atoms with Gasteiger partial charge in [0.1, 0.15) is 17.3 Å². The number of rotatable bonds is 5. The van der Waals surface area contributed by atoms with E-state index in [-0.39, 0.29) is 18.0 Å². The molecule has 5 rings (SSSR count). The minimum absolute atomic E-state index is 0.00208. The molecule has 3 aromatic carbocycles. The molecule has 4 aromatic rings. The topological polar surface area (TPSA) is 71.8 Å². The fourth-order valence-corrected chi connectivity index (χ4v) is 4.41. The molecule has 1 aliphatic heterocycles. The summed E-state index contributed by atoms with van der Waals surface area (Å²) in [6.45, 7) is 0.573. The van der Waals surface area contributed by atoms with Gasteiger partial charge < -0.3 is 19.4 Å². The summed E-state index contributed by atoms with van der Waals surface area (Å²) in [5.41, 5.74) is 1.75. The fraction of sp³-hybridized carbons (Fsp3) is 0.172. The van der Waals surface area contributed by atoms with Crippen LogP contribution in [0.5, 0.6) is 5.75 Å². The zero-order chi connectivity index (χ0) is 26.9. The molecule has 9 heteroatoms. The van der Waals surface area contributed by atoms with Crippen molar-refractivity contribution in [2.24, 2.45) is 0 Å². The van der Waals surface area contributed by atoms with E-state index in [1.54, 1.807) is 36.4 Å². The van der Waals surface area contributed by atoms with Gasteiger partial charge in [0.2, 0.25) is 0 Å². The molecule has 0 spiro atoms. The first-order valence-corrected chi connectivity index (χ1v) is 11.9. The van der Waals surface area contributed by atoms with Gasteiger partial charge in [0.05, 0.1) is 18.2 Å². The largest absolute Gasteiger partial charge is 0.496 e. The first-order valence-electron chi connectivity index (χ1n) is 11.9. The van der Waals surface area contributed by atoms with Crippen LogP contribution in [-0.4, -0.2) is 30.4 Å². The number of nitrogens with one attached hydrogen (secondary N) is 1. The van der Waals surface area contributed by atoms with Crippen LogP contribution in [0.25, 0.3) is 11.3 Å². The maximum atomic E-state index is 13.1. The predicted molar refractivity (Wildman–Crippen MR) is 135 cm³/mol. The highest BCUT2D eigenvalue weighted by Crippen LogP contribution is 2.32.